The van der Waals surface area contributed by atoms with E-state index in [1.807, 2.05) is 5.38 Å². The number of halogens is 1. The van der Waals surface area contributed by atoms with E-state index in [1.165, 1.54) is 0 Å². The minimum absolute atomic E-state index is 0.0720. The number of aromatic nitrogens is 5. The molecule has 3 aromatic rings. The second kappa shape index (κ2) is 5.34. The zero-order valence-electron chi connectivity index (χ0n) is 10.8. The van der Waals surface area contributed by atoms with Crippen molar-refractivity contribution in [2.75, 3.05) is 0 Å². The van der Waals surface area contributed by atoms with Crippen molar-refractivity contribution in [2.24, 2.45) is 7.05 Å². The van der Waals surface area contributed by atoms with Crippen LogP contribution in [-0.2, 0) is 25.9 Å². The molecule has 0 aliphatic heterocycles. The maximum Gasteiger partial charge on any atom is 0.264 e. The third kappa shape index (κ3) is 2.34. The van der Waals surface area contributed by atoms with Gasteiger partial charge in [-0.25, -0.2) is 9.97 Å². The minimum atomic E-state index is -0.0720. The molecule has 3 rings (SSSR count). The van der Waals surface area contributed by atoms with E-state index in [4.69, 9.17) is 11.6 Å². The minimum Gasteiger partial charge on any atom is -0.298 e. The highest BCUT2D eigenvalue weighted by atomic mass is 35.5. The Morgan fingerprint density at radius 1 is 1.45 bits per heavy atom. The summed E-state index contributed by atoms with van der Waals surface area (Å²) in [5.74, 6) is 0.416. The fraction of sp³-hybridized carbons (Fsp3) is 0.333. The van der Waals surface area contributed by atoms with Gasteiger partial charge in [-0.05, 0) is 0 Å². The first-order chi connectivity index (χ1) is 9.69. The van der Waals surface area contributed by atoms with Gasteiger partial charge in [0, 0.05) is 25.4 Å². The van der Waals surface area contributed by atoms with Crippen molar-refractivity contribution in [1.29, 1.82) is 0 Å². The average molecular weight is 310 g/mol. The highest BCUT2D eigenvalue weighted by Crippen LogP contribution is 2.12. The lowest BCUT2D eigenvalue weighted by Crippen LogP contribution is -2.21. The van der Waals surface area contributed by atoms with Crippen LogP contribution in [0.15, 0.2) is 22.7 Å². The third-order valence-electron chi connectivity index (χ3n) is 3.02. The molecule has 0 bridgehead atoms. The van der Waals surface area contributed by atoms with E-state index in [9.17, 15) is 4.79 Å². The largest absolute Gasteiger partial charge is 0.298 e. The topological polar surface area (TPSA) is 65.6 Å². The molecule has 20 heavy (non-hydrogen) atoms. The van der Waals surface area contributed by atoms with E-state index in [0.29, 0.717) is 29.9 Å². The Bertz CT molecular complexity index is 806. The fourth-order valence-corrected chi connectivity index (χ4v) is 2.98. The molecule has 8 heteroatoms. The Balaban J connectivity index is 1.84. The first-order valence-corrected chi connectivity index (χ1v) is 7.47. The van der Waals surface area contributed by atoms with Gasteiger partial charge in [-0.1, -0.05) is 0 Å². The predicted molar refractivity (Wildman–Crippen MR) is 78.1 cm³/mol. The van der Waals surface area contributed by atoms with Crippen LogP contribution in [0.4, 0.5) is 0 Å². The van der Waals surface area contributed by atoms with Crippen LogP contribution in [0.1, 0.15) is 10.7 Å². The van der Waals surface area contributed by atoms with Crippen molar-refractivity contribution < 1.29 is 0 Å². The Morgan fingerprint density at radius 2 is 2.30 bits per heavy atom. The summed E-state index contributed by atoms with van der Waals surface area (Å²) in [4.78, 5) is 20.9. The van der Waals surface area contributed by atoms with Crippen LogP contribution in [-0.4, -0.2) is 24.3 Å². The molecule has 0 aliphatic carbocycles. The Morgan fingerprint density at radius 3 is 3.05 bits per heavy atom. The molecule has 0 fully saturated rings. The van der Waals surface area contributed by atoms with Crippen LogP contribution in [0.3, 0.4) is 0 Å². The summed E-state index contributed by atoms with van der Waals surface area (Å²) in [5, 5.41) is 7.49. The van der Waals surface area contributed by atoms with Crippen molar-refractivity contribution in [2.45, 2.75) is 18.8 Å². The van der Waals surface area contributed by atoms with Gasteiger partial charge < -0.3 is 0 Å². The van der Waals surface area contributed by atoms with Gasteiger partial charge in [0.1, 0.15) is 5.39 Å². The van der Waals surface area contributed by atoms with Crippen LogP contribution in [0.2, 0.25) is 0 Å². The molecular weight excluding hydrogens is 298 g/mol. The second-order valence-corrected chi connectivity index (χ2v) is 5.57. The van der Waals surface area contributed by atoms with Crippen molar-refractivity contribution in [3.05, 3.63) is 39.0 Å². The summed E-state index contributed by atoms with van der Waals surface area (Å²) in [6.07, 6.45) is 3.80. The molecule has 0 atom stereocenters. The lowest BCUT2D eigenvalue weighted by Gasteiger charge is -2.03. The Hall–Kier alpha value is -1.73. The number of nitrogens with zero attached hydrogens (tertiary/aromatic N) is 5. The van der Waals surface area contributed by atoms with E-state index >= 15 is 0 Å². The maximum absolute atomic E-state index is 12.3. The number of alkyl halides is 1. The number of aryl methyl sites for hydroxylation is 3. The van der Waals surface area contributed by atoms with Crippen LogP contribution in [0.25, 0.3) is 11.0 Å². The SMILES string of the molecule is Cn1ncc2c(=O)n(CCc3nc(CCl)cs3)cnc21. The smallest absolute Gasteiger partial charge is 0.264 e. The molecule has 104 valence electrons. The number of rotatable bonds is 4. The summed E-state index contributed by atoms with van der Waals surface area (Å²) in [6, 6.07) is 0. The highest BCUT2D eigenvalue weighted by molar-refractivity contribution is 7.09. The fourth-order valence-electron chi connectivity index (χ4n) is 1.97. The van der Waals surface area contributed by atoms with Crippen LogP contribution in [0.5, 0.6) is 0 Å². The monoisotopic (exact) mass is 309 g/mol. The summed E-state index contributed by atoms with van der Waals surface area (Å²) in [7, 11) is 1.77. The maximum atomic E-state index is 12.3. The highest BCUT2D eigenvalue weighted by Gasteiger charge is 2.08. The molecule has 0 saturated carbocycles. The molecular formula is C12H12ClN5OS. The van der Waals surface area contributed by atoms with Gasteiger partial charge in [-0.3, -0.25) is 14.0 Å². The molecule has 0 saturated heterocycles. The number of hydrogen-bond donors (Lipinski definition) is 0. The van der Waals surface area contributed by atoms with Crippen LogP contribution in [0, 0.1) is 0 Å². The summed E-state index contributed by atoms with van der Waals surface area (Å²) < 4.78 is 3.18. The number of thiazole rings is 1. The molecule has 0 amide bonds. The molecule has 0 aliphatic rings. The normalized spacial score (nSPS) is 11.3. The van der Waals surface area contributed by atoms with Crippen molar-refractivity contribution in [3.63, 3.8) is 0 Å². The summed E-state index contributed by atoms with van der Waals surface area (Å²) in [6.45, 7) is 0.548. The van der Waals surface area contributed by atoms with Gasteiger partial charge in [-0.15, -0.1) is 22.9 Å². The molecule has 0 aromatic carbocycles. The van der Waals surface area contributed by atoms with Gasteiger partial charge in [-0.2, -0.15) is 5.10 Å². The molecule has 0 unspecified atom stereocenters. The second-order valence-electron chi connectivity index (χ2n) is 4.36. The number of hydrogen-bond acceptors (Lipinski definition) is 5. The summed E-state index contributed by atoms with van der Waals surface area (Å²) in [5.41, 5.74) is 1.40. The zero-order valence-corrected chi connectivity index (χ0v) is 12.4. The number of fused-ring (bicyclic) bond motifs is 1. The lowest BCUT2D eigenvalue weighted by molar-refractivity contribution is 0.657. The molecule has 6 nitrogen and oxygen atoms in total. The summed E-state index contributed by atoms with van der Waals surface area (Å²) >= 11 is 7.28. The van der Waals surface area contributed by atoms with Crippen molar-refractivity contribution in [1.82, 2.24) is 24.3 Å². The van der Waals surface area contributed by atoms with Gasteiger partial charge in [0.25, 0.3) is 5.56 Å². The molecule has 0 spiro atoms. The van der Waals surface area contributed by atoms with E-state index in [2.05, 4.69) is 15.1 Å². The van der Waals surface area contributed by atoms with Gasteiger partial charge >= 0.3 is 0 Å². The molecule has 3 aromatic heterocycles. The predicted octanol–water partition coefficient (Wildman–Crippen LogP) is 1.57. The average Bonchev–Trinajstić information content (AvgIpc) is 3.06. The third-order valence-corrected chi connectivity index (χ3v) is 4.25. The van der Waals surface area contributed by atoms with Gasteiger partial charge in [0.05, 0.1) is 29.1 Å². The first kappa shape index (κ1) is 13.3. The molecule has 0 N–H and O–H groups in total. The van der Waals surface area contributed by atoms with E-state index in [1.54, 1.807) is 40.2 Å². The molecule has 0 radical (unpaired) electrons. The standard InChI is InChI=1S/C12H12ClN5OS/c1-17-11-9(5-15-17)12(19)18(7-14-11)3-2-10-16-8(4-13)6-20-10/h5-7H,2-4H2,1H3. The van der Waals surface area contributed by atoms with E-state index < -0.39 is 0 Å². The quantitative estimate of drug-likeness (QED) is 0.686. The van der Waals surface area contributed by atoms with Gasteiger partial charge in [0.2, 0.25) is 0 Å². The Kier molecular flexibility index (Phi) is 3.54. The Labute approximate surface area is 123 Å². The first-order valence-electron chi connectivity index (χ1n) is 6.05. The van der Waals surface area contributed by atoms with Crippen molar-refractivity contribution in [3.8, 4) is 0 Å². The van der Waals surface area contributed by atoms with Gasteiger partial charge in [0.15, 0.2) is 5.65 Å². The van der Waals surface area contributed by atoms with E-state index in [-0.39, 0.29) is 5.56 Å². The van der Waals surface area contributed by atoms with Crippen LogP contribution >= 0.6 is 22.9 Å². The van der Waals surface area contributed by atoms with Crippen LogP contribution < -0.4 is 5.56 Å². The van der Waals surface area contributed by atoms with E-state index in [0.717, 1.165) is 10.7 Å². The van der Waals surface area contributed by atoms with Crippen molar-refractivity contribution >= 4 is 34.0 Å². The molecule has 3 heterocycles. The zero-order chi connectivity index (χ0) is 14.1. The lowest BCUT2D eigenvalue weighted by atomic mass is 10.4.